The molecule has 3 rings (SSSR count). The lowest BCUT2D eigenvalue weighted by atomic mass is 9.95. The SMILES string of the molecule is C[C@@H]1CCN(C(=O)c2nccnc2N)[C@H]1c1cccc(F)c1. The fourth-order valence-corrected chi connectivity index (χ4v) is 3.02. The van der Waals surface area contributed by atoms with Gasteiger partial charge in [-0.2, -0.15) is 0 Å². The quantitative estimate of drug-likeness (QED) is 0.924. The van der Waals surface area contributed by atoms with Gasteiger partial charge in [0.25, 0.3) is 5.91 Å². The van der Waals surface area contributed by atoms with Crippen LogP contribution in [0.15, 0.2) is 36.7 Å². The van der Waals surface area contributed by atoms with E-state index in [1.165, 1.54) is 24.5 Å². The van der Waals surface area contributed by atoms with Crippen LogP contribution in [-0.2, 0) is 0 Å². The molecule has 5 nitrogen and oxygen atoms in total. The van der Waals surface area contributed by atoms with E-state index in [-0.39, 0.29) is 35.2 Å². The van der Waals surface area contributed by atoms with Gasteiger partial charge < -0.3 is 10.6 Å². The predicted molar refractivity (Wildman–Crippen MR) is 80.4 cm³/mol. The molecular weight excluding hydrogens is 283 g/mol. The number of amides is 1. The van der Waals surface area contributed by atoms with Gasteiger partial charge in [0.15, 0.2) is 11.5 Å². The third kappa shape index (κ3) is 2.52. The van der Waals surface area contributed by atoms with Crippen molar-refractivity contribution in [2.45, 2.75) is 19.4 Å². The molecule has 0 aliphatic carbocycles. The Balaban J connectivity index is 1.96. The van der Waals surface area contributed by atoms with Crippen LogP contribution >= 0.6 is 0 Å². The molecule has 22 heavy (non-hydrogen) atoms. The van der Waals surface area contributed by atoms with Gasteiger partial charge in [0.05, 0.1) is 6.04 Å². The van der Waals surface area contributed by atoms with Gasteiger partial charge in [-0.05, 0) is 30.0 Å². The monoisotopic (exact) mass is 300 g/mol. The highest BCUT2D eigenvalue weighted by Gasteiger charge is 2.37. The summed E-state index contributed by atoms with van der Waals surface area (Å²) in [6, 6.07) is 6.21. The van der Waals surface area contributed by atoms with Crippen molar-refractivity contribution in [1.82, 2.24) is 14.9 Å². The number of aromatic nitrogens is 2. The van der Waals surface area contributed by atoms with Crippen molar-refractivity contribution in [2.24, 2.45) is 5.92 Å². The van der Waals surface area contributed by atoms with Gasteiger partial charge in [-0.25, -0.2) is 14.4 Å². The van der Waals surface area contributed by atoms with E-state index >= 15 is 0 Å². The number of nitrogens with two attached hydrogens (primary N) is 1. The number of halogens is 1. The lowest BCUT2D eigenvalue weighted by Crippen LogP contribution is -2.33. The van der Waals surface area contributed by atoms with E-state index in [4.69, 9.17) is 5.73 Å². The van der Waals surface area contributed by atoms with Crippen molar-refractivity contribution in [2.75, 3.05) is 12.3 Å². The van der Waals surface area contributed by atoms with Gasteiger partial charge in [0.2, 0.25) is 0 Å². The van der Waals surface area contributed by atoms with Crippen LogP contribution in [0.25, 0.3) is 0 Å². The van der Waals surface area contributed by atoms with Crippen LogP contribution in [0.2, 0.25) is 0 Å². The molecule has 0 saturated carbocycles. The van der Waals surface area contributed by atoms with Gasteiger partial charge in [0.1, 0.15) is 5.82 Å². The zero-order valence-corrected chi connectivity index (χ0v) is 12.2. The van der Waals surface area contributed by atoms with Gasteiger partial charge in [0, 0.05) is 18.9 Å². The Bertz CT molecular complexity index is 706. The molecule has 6 heteroatoms. The molecule has 1 saturated heterocycles. The minimum Gasteiger partial charge on any atom is -0.382 e. The predicted octanol–water partition coefficient (Wildman–Crippen LogP) is 2.42. The van der Waals surface area contributed by atoms with Gasteiger partial charge in [-0.3, -0.25) is 4.79 Å². The van der Waals surface area contributed by atoms with Crippen LogP contribution in [0.5, 0.6) is 0 Å². The molecule has 1 aromatic carbocycles. The average molecular weight is 300 g/mol. The number of rotatable bonds is 2. The largest absolute Gasteiger partial charge is 0.382 e. The summed E-state index contributed by atoms with van der Waals surface area (Å²) in [6.07, 6.45) is 3.75. The van der Waals surface area contributed by atoms with Crippen molar-refractivity contribution in [3.05, 3.63) is 53.7 Å². The van der Waals surface area contributed by atoms with Gasteiger partial charge in [-0.1, -0.05) is 19.1 Å². The second-order valence-corrected chi connectivity index (χ2v) is 5.55. The van der Waals surface area contributed by atoms with Crippen LogP contribution < -0.4 is 5.73 Å². The van der Waals surface area contributed by atoms with Crippen LogP contribution in [0.4, 0.5) is 10.2 Å². The first-order valence-corrected chi connectivity index (χ1v) is 7.21. The molecule has 114 valence electrons. The van der Waals surface area contributed by atoms with Crippen LogP contribution in [-0.4, -0.2) is 27.3 Å². The Morgan fingerprint density at radius 2 is 2.14 bits per heavy atom. The van der Waals surface area contributed by atoms with Crippen LogP contribution in [0, 0.1) is 11.7 Å². The summed E-state index contributed by atoms with van der Waals surface area (Å²) in [4.78, 5) is 22.4. The first-order valence-electron chi connectivity index (χ1n) is 7.21. The number of nitrogen functional groups attached to an aromatic ring is 1. The van der Waals surface area contributed by atoms with E-state index in [0.717, 1.165) is 12.0 Å². The highest BCUT2D eigenvalue weighted by atomic mass is 19.1. The lowest BCUT2D eigenvalue weighted by molar-refractivity contribution is 0.0715. The summed E-state index contributed by atoms with van der Waals surface area (Å²) in [6.45, 7) is 2.65. The zero-order valence-electron chi connectivity index (χ0n) is 12.2. The fourth-order valence-electron chi connectivity index (χ4n) is 3.02. The topological polar surface area (TPSA) is 72.1 Å². The molecule has 2 N–H and O–H groups in total. The maximum absolute atomic E-state index is 13.5. The minimum absolute atomic E-state index is 0.116. The lowest BCUT2D eigenvalue weighted by Gasteiger charge is -2.27. The number of nitrogens with zero attached hydrogens (tertiary/aromatic N) is 3. The molecule has 0 bridgehead atoms. The number of hydrogen-bond acceptors (Lipinski definition) is 4. The Labute approximate surface area is 128 Å². The van der Waals surface area contributed by atoms with Crippen molar-refractivity contribution < 1.29 is 9.18 Å². The molecule has 1 amide bonds. The fraction of sp³-hybridized carbons (Fsp3) is 0.312. The molecule has 1 aromatic heterocycles. The standard InChI is InChI=1S/C16H17FN4O/c1-10-5-8-21(14(10)11-3-2-4-12(17)9-11)16(22)13-15(18)20-7-6-19-13/h2-4,6-7,9-10,14H,5,8H2,1H3,(H2,18,20)/t10-,14-/m1/s1. The number of likely N-dealkylation sites (tertiary alicyclic amines) is 1. The smallest absolute Gasteiger partial charge is 0.276 e. The normalized spacial score (nSPS) is 21.1. The highest BCUT2D eigenvalue weighted by Crippen LogP contribution is 2.38. The summed E-state index contributed by atoms with van der Waals surface area (Å²) >= 11 is 0. The number of hydrogen-bond donors (Lipinski definition) is 1. The van der Waals surface area contributed by atoms with Crippen LogP contribution in [0.3, 0.4) is 0 Å². The van der Waals surface area contributed by atoms with Gasteiger partial charge >= 0.3 is 0 Å². The highest BCUT2D eigenvalue weighted by molar-refractivity contribution is 5.96. The average Bonchev–Trinajstić information content (AvgIpc) is 2.89. The van der Waals surface area contributed by atoms with Crippen molar-refractivity contribution in [3.63, 3.8) is 0 Å². The Morgan fingerprint density at radius 3 is 2.86 bits per heavy atom. The van der Waals surface area contributed by atoms with Crippen molar-refractivity contribution in [1.29, 1.82) is 0 Å². The molecule has 1 aliphatic rings. The van der Waals surface area contributed by atoms with Crippen molar-refractivity contribution >= 4 is 11.7 Å². The molecule has 1 fully saturated rings. The second kappa shape index (κ2) is 5.71. The van der Waals surface area contributed by atoms with Crippen molar-refractivity contribution in [3.8, 4) is 0 Å². The number of carbonyl (C=O) groups excluding carboxylic acids is 1. The molecule has 0 radical (unpaired) electrons. The summed E-state index contributed by atoms with van der Waals surface area (Å²) < 4.78 is 13.5. The number of benzene rings is 1. The van der Waals surface area contributed by atoms with E-state index in [1.54, 1.807) is 11.0 Å². The first kappa shape index (κ1) is 14.4. The van der Waals surface area contributed by atoms with E-state index in [2.05, 4.69) is 16.9 Å². The van der Waals surface area contributed by atoms with E-state index in [1.807, 2.05) is 6.07 Å². The molecule has 2 atom stereocenters. The third-order valence-corrected chi connectivity index (χ3v) is 4.08. The maximum atomic E-state index is 13.5. The first-order chi connectivity index (χ1) is 10.6. The maximum Gasteiger partial charge on any atom is 0.276 e. The summed E-state index contributed by atoms with van der Waals surface area (Å²) in [7, 11) is 0. The van der Waals surface area contributed by atoms with E-state index in [0.29, 0.717) is 6.54 Å². The molecular formula is C16H17FN4O. The zero-order chi connectivity index (χ0) is 15.7. The molecule has 0 spiro atoms. The summed E-state index contributed by atoms with van der Waals surface area (Å²) in [5.74, 6) is -0.207. The Morgan fingerprint density at radius 1 is 1.36 bits per heavy atom. The summed E-state index contributed by atoms with van der Waals surface area (Å²) in [5, 5.41) is 0. The molecule has 2 heterocycles. The molecule has 1 aliphatic heterocycles. The molecule has 0 unspecified atom stereocenters. The second-order valence-electron chi connectivity index (χ2n) is 5.55. The Hall–Kier alpha value is -2.50. The number of carbonyl (C=O) groups is 1. The van der Waals surface area contributed by atoms with E-state index < -0.39 is 0 Å². The van der Waals surface area contributed by atoms with Gasteiger partial charge in [-0.15, -0.1) is 0 Å². The third-order valence-electron chi connectivity index (χ3n) is 4.08. The van der Waals surface area contributed by atoms with E-state index in [9.17, 15) is 9.18 Å². The number of anilines is 1. The Kier molecular flexibility index (Phi) is 3.75. The summed E-state index contributed by atoms with van der Waals surface area (Å²) in [5.41, 5.74) is 6.69. The molecule has 2 aromatic rings. The van der Waals surface area contributed by atoms with Crippen LogP contribution in [0.1, 0.15) is 35.4 Å². The minimum atomic E-state index is -0.303.